The first-order valence-corrected chi connectivity index (χ1v) is 8.72. The van der Waals surface area contributed by atoms with Crippen molar-refractivity contribution in [3.63, 3.8) is 0 Å². The molecule has 6 nitrogen and oxygen atoms in total. The van der Waals surface area contributed by atoms with E-state index in [2.05, 4.69) is 10.6 Å². The molecule has 2 heterocycles. The van der Waals surface area contributed by atoms with Crippen LogP contribution in [0.25, 0.3) is 0 Å². The Balaban J connectivity index is 1.59. The fourth-order valence-electron chi connectivity index (χ4n) is 3.06. The Labute approximate surface area is 151 Å². The molecule has 0 radical (unpaired) electrons. The van der Waals surface area contributed by atoms with Gasteiger partial charge in [-0.25, -0.2) is 9.18 Å². The average Bonchev–Trinajstić information content (AvgIpc) is 3.08. The highest BCUT2D eigenvalue weighted by Gasteiger charge is 2.20. The van der Waals surface area contributed by atoms with Crippen LogP contribution in [0.15, 0.2) is 47.1 Å². The number of benzene rings is 1. The van der Waals surface area contributed by atoms with E-state index >= 15 is 0 Å². The van der Waals surface area contributed by atoms with E-state index < -0.39 is 0 Å². The van der Waals surface area contributed by atoms with Crippen molar-refractivity contribution < 1.29 is 18.4 Å². The molecule has 3 amide bonds. The number of hydrogen-bond donors (Lipinski definition) is 2. The molecule has 0 spiro atoms. The van der Waals surface area contributed by atoms with Gasteiger partial charge in [0.15, 0.2) is 0 Å². The summed E-state index contributed by atoms with van der Waals surface area (Å²) in [5.74, 6) is 0.382. The van der Waals surface area contributed by atoms with Crippen LogP contribution < -0.4 is 10.6 Å². The lowest BCUT2D eigenvalue weighted by Gasteiger charge is -2.21. The Kier molecular flexibility index (Phi) is 5.88. The molecular formula is C19H22FN3O3. The van der Waals surface area contributed by atoms with Crippen molar-refractivity contribution in [2.45, 2.75) is 18.8 Å². The number of nitrogens with one attached hydrogen (secondary N) is 2. The molecule has 1 aliphatic heterocycles. The minimum Gasteiger partial charge on any atom is -0.469 e. The van der Waals surface area contributed by atoms with Crippen LogP contribution in [0.4, 0.5) is 9.18 Å². The number of halogens is 1. The van der Waals surface area contributed by atoms with Crippen molar-refractivity contribution in [1.82, 2.24) is 15.5 Å². The Morgan fingerprint density at radius 2 is 2.08 bits per heavy atom. The minimum atomic E-state index is -0.287. The molecule has 0 saturated carbocycles. The largest absolute Gasteiger partial charge is 0.469 e. The summed E-state index contributed by atoms with van der Waals surface area (Å²) in [4.78, 5) is 25.3. The van der Waals surface area contributed by atoms with Gasteiger partial charge in [-0.1, -0.05) is 12.1 Å². The van der Waals surface area contributed by atoms with E-state index in [9.17, 15) is 14.0 Å². The molecule has 138 valence electrons. The Bertz CT molecular complexity index is 731. The fraction of sp³-hybridized carbons (Fsp3) is 0.368. The molecule has 1 fully saturated rings. The number of rotatable bonds is 5. The summed E-state index contributed by atoms with van der Waals surface area (Å²) < 4.78 is 18.7. The predicted octanol–water partition coefficient (Wildman–Crippen LogP) is 2.47. The molecule has 0 unspecified atom stereocenters. The smallest absolute Gasteiger partial charge is 0.317 e. The van der Waals surface area contributed by atoms with Crippen LogP contribution in [0.1, 0.15) is 30.1 Å². The average molecular weight is 359 g/mol. The first-order valence-electron chi connectivity index (χ1n) is 8.72. The van der Waals surface area contributed by atoms with Crippen LogP contribution in [-0.2, 0) is 4.79 Å². The van der Waals surface area contributed by atoms with E-state index in [1.807, 2.05) is 12.1 Å². The normalized spacial score (nSPS) is 15.9. The van der Waals surface area contributed by atoms with Gasteiger partial charge >= 0.3 is 6.03 Å². The highest BCUT2D eigenvalue weighted by molar-refractivity contribution is 5.79. The second-order valence-corrected chi connectivity index (χ2v) is 6.23. The molecule has 26 heavy (non-hydrogen) atoms. The van der Waals surface area contributed by atoms with Gasteiger partial charge < -0.3 is 20.0 Å². The highest BCUT2D eigenvalue weighted by Crippen LogP contribution is 2.28. The molecule has 7 heteroatoms. The standard InChI is InChI=1S/C19H22FN3O3/c20-15-5-3-14(4-6-15)16(17-2-1-13-26-17)7-9-22-19(25)23-11-8-18(24)21-10-12-23/h1-6,13,16H,7-12H2,(H,21,24)(H,22,25)/t16-/m0/s1. The van der Waals surface area contributed by atoms with Gasteiger partial charge in [0.2, 0.25) is 5.91 Å². The zero-order valence-corrected chi connectivity index (χ0v) is 14.4. The zero-order valence-electron chi connectivity index (χ0n) is 14.4. The van der Waals surface area contributed by atoms with Crippen LogP contribution in [0.3, 0.4) is 0 Å². The number of carbonyl (C=O) groups is 2. The molecule has 1 atom stereocenters. The van der Waals surface area contributed by atoms with Crippen LogP contribution >= 0.6 is 0 Å². The Hall–Kier alpha value is -2.83. The monoisotopic (exact) mass is 359 g/mol. The summed E-state index contributed by atoms with van der Waals surface area (Å²) in [6.07, 6.45) is 2.54. The van der Waals surface area contributed by atoms with Gasteiger partial charge in [0, 0.05) is 38.5 Å². The summed E-state index contributed by atoms with van der Waals surface area (Å²) in [5, 5.41) is 5.65. The van der Waals surface area contributed by atoms with Gasteiger partial charge in [0.1, 0.15) is 11.6 Å². The van der Waals surface area contributed by atoms with Crippen LogP contribution in [-0.4, -0.2) is 43.0 Å². The van der Waals surface area contributed by atoms with Crippen LogP contribution in [0.5, 0.6) is 0 Å². The van der Waals surface area contributed by atoms with E-state index in [1.54, 1.807) is 23.3 Å². The lowest BCUT2D eigenvalue weighted by atomic mass is 9.93. The molecule has 1 aromatic carbocycles. The van der Waals surface area contributed by atoms with E-state index in [4.69, 9.17) is 4.42 Å². The SMILES string of the molecule is O=C1CCN(C(=O)NCC[C@@H](c2ccc(F)cc2)c2ccco2)CCN1. The third kappa shape index (κ3) is 4.62. The molecule has 1 saturated heterocycles. The topological polar surface area (TPSA) is 74.6 Å². The fourth-order valence-corrected chi connectivity index (χ4v) is 3.06. The van der Waals surface area contributed by atoms with Gasteiger partial charge in [-0.2, -0.15) is 0 Å². The maximum Gasteiger partial charge on any atom is 0.317 e. The Morgan fingerprint density at radius 3 is 2.81 bits per heavy atom. The molecule has 0 bridgehead atoms. The van der Waals surface area contributed by atoms with Gasteiger partial charge in [-0.15, -0.1) is 0 Å². The molecule has 2 aromatic rings. The summed E-state index contributed by atoms with van der Waals surface area (Å²) in [7, 11) is 0. The second kappa shape index (κ2) is 8.51. The van der Waals surface area contributed by atoms with Crippen molar-refractivity contribution >= 4 is 11.9 Å². The minimum absolute atomic E-state index is 0.0329. The second-order valence-electron chi connectivity index (χ2n) is 6.23. The van der Waals surface area contributed by atoms with Crippen molar-refractivity contribution in [3.05, 3.63) is 59.8 Å². The summed E-state index contributed by atoms with van der Waals surface area (Å²) in [6, 6.07) is 9.82. The number of carbonyl (C=O) groups excluding carboxylic acids is 2. The molecule has 1 aromatic heterocycles. The lowest BCUT2D eigenvalue weighted by Crippen LogP contribution is -2.42. The maximum absolute atomic E-state index is 13.2. The number of urea groups is 1. The molecule has 1 aliphatic rings. The predicted molar refractivity (Wildman–Crippen MR) is 94.2 cm³/mol. The molecule has 3 rings (SSSR count). The molecule has 2 N–H and O–H groups in total. The highest BCUT2D eigenvalue weighted by atomic mass is 19.1. The van der Waals surface area contributed by atoms with E-state index in [0.29, 0.717) is 39.0 Å². The van der Waals surface area contributed by atoms with Crippen molar-refractivity contribution in [2.24, 2.45) is 0 Å². The maximum atomic E-state index is 13.2. The van der Waals surface area contributed by atoms with Gasteiger partial charge in [0.05, 0.1) is 6.26 Å². The summed E-state index contributed by atoms with van der Waals surface area (Å²) in [6.45, 7) is 1.82. The third-order valence-electron chi connectivity index (χ3n) is 4.47. The van der Waals surface area contributed by atoms with E-state index in [-0.39, 0.29) is 23.7 Å². The third-order valence-corrected chi connectivity index (χ3v) is 4.47. The first-order chi connectivity index (χ1) is 12.6. The van der Waals surface area contributed by atoms with Gasteiger partial charge in [0.25, 0.3) is 0 Å². The summed E-state index contributed by atoms with van der Waals surface area (Å²) >= 11 is 0. The van der Waals surface area contributed by atoms with E-state index in [1.165, 1.54) is 12.1 Å². The van der Waals surface area contributed by atoms with Gasteiger partial charge in [-0.05, 0) is 36.2 Å². The zero-order chi connectivity index (χ0) is 18.4. The number of hydrogen-bond acceptors (Lipinski definition) is 3. The van der Waals surface area contributed by atoms with Crippen molar-refractivity contribution in [1.29, 1.82) is 0 Å². The number of nitrogens with zero attached hydrogens (tertiary/aromatic N) is 1. The van der Waals surface area contributed by atoms with Crippen LogP contribution in [0.2, 0.25) is 0 Å². The first kappa shape index (κ1) is 18.0. The summed E-state index contributed by atoms with van der Waals surface area (Å²) in [5.41, 5.74) is 0.931. The van der Waals surface area contributed by atoms with Crippen LogP contribution in [0, 0.1) is 5.82 Å². The molecule has 0 aliphatic carbocycles. The van der Waals surface area contributed by atoms with E-state index in [0.717, 1.165) is 11.3 Å². The number of furan rings is 1. The quantitative estimate of drug-likeness (QED) is 0.861. The van der Waals surface area contributed by atoms with Gasteiger partial charge in [-0.3, -0.25) is 4.79 Å². The molecular weight excluding hydrogens is 337 g/mol. The Morgan fingerprint density at radius 1 is 1.27 bits per heavy atom. The lowest BCUT2D eigenvalue weighted by molar-refractivity contribution is -0.120. The number of amides is 3. The van der Waals surface area contributed by atoms with Crippen molar-refractivity contribution in [2.75, 3.05) is 26.2 Å². The van der Waals surface area contributed by atoms with Crippen molar-refractivity contribution in [3.8, 4) is 0 Å².